The maximum Gasteiger partial charge on any atom is 0.409 e. The minimum Gasteiger partial charge on any atom is -0.453 e. The van der Waals surface area contributed by atoms with Crippen LogP contribution in [0.1, 0.15) is 18.5 Å². The number of anilines is 2. The molecule has 1 aromatic rings. The number of aromatic nitrogens is 1. The van der Waals surface area contributed by atoms with Crippen LogP contribution in [0.3, 0.4) is 0 Å². The van der Waals surface area contributed by atoms with Crippen molar-refractivity contribution in [1.82, 2.24) is 9.88 Å². The van der Waals surface area contributed by atoms with Crippen LogP contribution in [-0.4, -0.2) is 69.0 Å². The average molecular weight is 381 g/mol. The second kappa shape index (κ2) is 9.32. The third kappa shape index (κ3) is 4.94. The van der Waals surface area contributed by atoms with Gasteiger partial charge < -0.3 is 24.6 Å². The predicted molar refractivity (Wildman–Crippen MR) is 105 cm³/mol. The Bertz CT molecular complexity index is 610. The van der Waals surface area contributed by atoms with Gasteiger partial charge in [-0.1, -0.05) is 0 Å². The predicted octanol–water partition coefficient (Wildman–Crippen LogP) is 2.24. The number of morpholine rings is 1. The van der Waals surface area contributed by atoms with E-state index in [1.54, 1.807) is 4.90 Å². The maximum atomic E-state index is 11.7. The number of rotatable bonds is 5. The van der Waals surface area contributed by atoms with Crippen molar-refractivity contribution in [3.63, 3.8) is 0 Å². The highest BCUT2D eigenvalue weighted by molar-refractivity contribution is 7.79. The molecule has 144 valence electrons. The molecule has 26 heavy (non-hydrogen) atoms. The zero-order valence-electron chi connectivity index (χ0n) is 15.3. The minimum atomic E-state index is -0.237. The normalized spacial score (nSPS) is 20.8. The fourth-order valence-electron chi connectivity index (χ4n) is 3.52. The number of thiol groups is 1. The van der Waals surface area contributed by atoms with Gasteiger partial charge in [-0.15, -0.1) is 0 Å². The summed E-state index contributed by atoms with van der Waals surface area (Å²) >= 11 is 4.39. The van der Waals surface area contributed by atoms with Crippen LogP contribution < -0.4 is 10.2 Å². The van der Waals surface area contributed by atoms with Crippen molar-refractivity contribution in [2.75, 3.05) is 63.3 Å². The molecule has 0 aliphatic carbocycles. The molecular formula is C18H28N4O3S. The third-order valence-corrected chi connectivity index (χ3v) is 5.25. The molecule has 1 aromatic heterocycles. The lowest BCUT2D eigenvalue weighted by atomic mass is 9.98. The Morgan fingerprint density at radius 1 is 1.38 bits per heavy atom. The molecule has 0 aromatic carbocycles. The fraction of sp³-hybridized carbons (Fsp3) is 0.667. The Morgan fingerprint density at radius 3 is 2.92 bits per heavy atom. The molecule has 1 amide bonds. The van der Waals surface area contributed by atoms with Crippen molar-refractivity contribution >= 4 is 30.2 Å². The van der Waals surface area contributed by atoms with Crippen LogP contribution in [0, 0.1) is 5.92 Å². The summed E-state index contributed by atoms with van der Waals surface area (Å²) in [6.07, 6.45) is 1.87. The van der Waals surface area contributed by atoms with Crippen LogP contribution >= 0.6 is 12.6 Å². The Balaban J connectivity index is 1.62. The highest BCUT2D eigenvalue weighted by atomic mass is 32.1. The molecule has 0 bridgehead atoms. The monoisotopic (exact) mass is 380 g/mol. The first-order valence-corrected chi connectivity index (χ1v) is 9.84. The standard InChI is InChI=1S/C18H28N4O3S/c1-24-18(23)22-4-2-3-14(12-22)11-19-17-10-16(9-15(13-26)20-17)21-5-7-25-8-6-21/h9-10,14,26H,2-8,11-13H2,1H3,(H,19,20). The number of carbonyl (C=O) groups excluding carboxylic acids is 1. The van der Waals surface area contributed by atoms with Crippen molar-refractivity contribution in [3.05, 3.63) is 17.8 Å². The molecule has 1 unspecified atom stereocenters. The van der Waals surface area contributed by atoms with Crippen molar-refractivity contribution in [2.24, 2.45) is 5.92 Å². The van der Waals surface area contributed by atoms with Gasteiger partial charge in [0.1, 0.15) is 5.82 Å². The van der Waals surface area contributed by atoms with Gasteiger partial charge in [-0.2, -0.15) is 12.6 Å². The topological polar surface area (TPSA) is 66.9 Å². The summed E-state index contributed by atoms with van der Waals surface area (Å²) < 4.78 is 10.3. The minimum absolute atomic E-state index is 0.237. The number of carbonyl (C=O) groups is 1. The van der Waals surface area contributed by atoms with Crippen molar-refractivity contribution in [1.29, 1.82) is 0 Å². The SMILES string of the molecule is COC(=O)N1CCCC(CNc2cc(N3CCOCC3)cc(CS)n2)C1. The third-order valence-electron chi connectivity index (χ3n) is 4.93. The largest absolute Gasteiger partial charge is 0.453 e. The van der Waals surface area contributed by atoms with Crippen molar-refractivity contribution < 1.29 is 14.3 Å². The van der Waals surface area contributed by atoms with E-state index in [1.807, 2.05) is 0 Å². The van der Waals surface area contributed by atoms with Crippen LogP contribution in [0.25, 0.3) is 0 Å². The lowest BCUT2D eigenvalue weighted by Gasteiger charge is -2.32. The van der Waals surface area contributed by atoms with E-state index in [9.17, 15) is 4.79 Å². The molecular weight excluding hydrogens is 352 g/mol. The molecule has 7 nitrogen and oxygen atoms in total. The maximum absolute atomic E-state index is 11.7. The van der Waals surface area contributed by atoms with E-state index in [-0.39, 0.29) is 6.09 Å². The molecule has 2 aliphatic rings. The van der Waals surface area contributed by atoms with E-state index in [1.165, 1.54) is 7.11 Å². The molecule has 1 N–H and O–H groups in total. The number of hydrogen-bond donors (Lipinski definition) is 2. The second-order valence-electron chi connectivity index (χ2n) is 6.76. The van der Waals surface area contributed by atoms with Gasteiger partial charge in [-0.25, -0.2) is 9.78 Å². The molecule has 3 heterocycles. The Labute approximate surface area is 160 Å². The molecule has 0 saturated carbocycles. The number of amides is 1. The first-order chi connectivity index (χ1) is 12.7. The molecule has 2 fully saturated rings. The second-order valence-corrected chi connectivity index (χ2v) is 7.08. The molecule has 3 rings (SSSR count). The van der Waals surface area contributed by atoms with E-state index >= 15 is 0 Å². The van der Waals surface area contributed by atoms with E-state index < -0.39 is 0 Å². The number of likely N-dealkylation sites (tertiary alicyclic amines) is 1. The molecule has 1 atom stereocenters. The average Bonchev–Trinajstić information content (AvgIpc) is 2.72. The van der Waals surface area contributed by atoms with Crippen LogP contribution in [0.2, 0.25) is 0 Å². The van der Waals surface area contributed by atoms with Gasteiger partial charge in [0.2, 0.25) is 0 Å². The van der Waals surface area contributed by atoms with Gasteiger partial charge in [0.25, 0.3) is 0 Å². The van der Waals surface area contributed by atoms with Crippen LogP contribution in [-0.2, 0) is 15.2 Å². The van der Waals surface area contributed by atoms with Crippen LogP contribution in [0.15, 0.2) is 12.1 Å². The lowest BCUT2D eigenvalue weighted by molar-refractivity contribution is 0.104. The first-order valence-electron chi connectivity index (χ1n) is 9.21. The van der Waals surface area contributed by atoms with E-state index in [4.69, 9.17) is 9.47 Å². The number of hydrogen-bond acceptors (Lipinski definition) is 7. The number of nitrogens with zero attached hydrogens (tertiary/aromatic N) is 3. The summed E-state index contributed by atoms with van der Waals surface area (Å²) in [7, 11) is 1.43. The summed E-state index contributed by atoms with van der Waals surface area (Å²) in [4.78, 5) is 20.5. The smallest absolute Gasteiger partial charge is 0.409 e. The summed E-state index contributed by atoms with van der Waals surface area (Å²) in [6.45, 7) is 5.59. The summed E-state index contributed by atoms with van der Waals surface area (Å²) in [6, 6.07) is 4.20. The van der Waals surface area contributed by atoms with Crippen molar-refractivity contribution in [2.45, 2.75) is 18.6 Å². The number of ether oxygens (including phenoxy) is 2. The molecule has 2 aliphatic heterocycles. The number of pyridine rings is 1. The van der Waals surface area contributed by atoms with Gasteiger partial charge in [-0.05, 0) is 24.8 Å². The quantitative estimate of drug-likeness (QED) is 0.764. The molecule has 0 radical (unpaired) electrons. The van der Waals surface area contributed by atoms with E-state index in [2.05, 4.69) is 40.0 Å². The van der Waals surface area contributed by atoms with Gasteiger partial charge in [0.05, 0.1) is 26.0 Å². The Morgan fingerprint density at radius 2 is 2.19 bits per heavy atom. The van der Waals surface area contributed by atoms with Gasteiger partial charge in [0, 0.05) is 50.2 Å². The fourth-order valence-corrected chi connectivity index (χ4v) is 3.68. The van der Waals surface area contributed by atoms with Gasteiger partial charge in [0.15, 0.2) is 0 Å². The number of methoxy groups -OCH3 is 1. The lowest BCUT2D eigenvalue weighted by Crippen LogP contribution is -2.41. The highest BCUT2D eigenvalue weighted by Crippen LogP contribution is 2.23. The first kappa shape index (κ1) is 19.1. The molecule has 2 saturated heterocycles. The molecule has 0 spiro atoms. The van der Waals surface area contributed by atoms with Crippen molar-refractivity contribution in [3.8, 4) is 0 Å². The highest BCUT2D eigenvalue weighted by Gasteiger charge is 2.24. The molecule has 8 heteroatoms. The summed E-state index contributed by atoms with van der Waals surface area (Å²) in [5.41, 5.74) is 2.12. The number of piperidine rings is 1. The van der Waals surface area contributed by atoms with Crippen LogP contribution in [0.5, 0.6) is 0 Å². The Hall–Kier alpha value is -1.67. The van der Waals surface area contributed by atoms with E-state index in [0.717, 1.165) is 76.0 Å². The zero-order chi connectivity index (χ0) is 18.4. The summed E-state index contributed by atoms with van der Waals surface area (Å²) in [5.74, 6) is 1.87. The number of nitrogens with one attached hydrogen (secondary N) is 1. The zero-order valence-corrected chi connectivity index (χ0v) is 16.2. The van der Waals surface area contributed by atoms with Gasteiger partial charge >= 0.3 is 6.09 Å². The van der Waals surface area contributed by atoms with E-state index in [0.29, 0.717) is 11.7 Å². The van der Waals surface area contributed by atoms with Crippen LogP contribution in [0.4, 0.5) is 16.3 Å². The summed E-state index contributed by atoms with van der Waals surface area (Å²) in [5, 5.41) is 3.46. The Kier molecular flexibility index (Phi) is 6.85. The van der Waals surface area contributed by atoms with Gasteiger partial charge in [-0.3, -0.25) is 0 Å².